The van der Waals surface area contributed by atoms with Gasteiger partial charge in [0.25, 0.3) is 0 Å². The Morgan fingerprint density at radius 3 is 2.80 bits per heavy atom. The lowest BCUT2D eigenvalue weighted by molar-refractivity contribution is 0.941. The largest absolute Gasteiger partial charge is 0.264 e. The third-order valence-electron chi connectivity index (χ3n) is 2.41. The molecule has 0 aliphatic rings. The molecule has 72 valence electrons. The van der Waals surface area contributed by atoms with Gasteiger partial charge in [0.2, 0.25) is 0 Å². The number of hydrogen-bond donors (Lipinski definition) is 0. The zero-order valence-corrected chi connectivity index (χ0v) is 8.04. The first-order chi connectivity index (χ1) is 7.45. The van der Waals surface area contributed by atoms with Gasteiger partial charge < -0.3 is 0 Å². The van der Waals surface area contributed by atoms with Gasteiger partial charge in [0.1, 0.15) is 0 Å². The third-order valence-corrected chi connectivity index (χ3v) is 2.41. The molecule has 3 nitrogen and oxygen atoms in total. The summed E-state index contributed by atoms with van der Waals surface area (Å²) in [6.45, 7) is 0. The van der Waals surface area contributed by atoms with Crippen LogP contribution in [0.15, 0.2) is 55.1 Å². The van der Waals surface area contributed by atoms with E-state index in [4.69, 9.17) is 0 Å². The summed E-state index contributed by atoms with van der Waals surface area (Å²) >= 11 is 0. The predicted octanol–water partition coefficient (Wildman–Crippen LogP) is 2.40. The second kappa shape index (κ2) is 3.20. The van der Waals surface area contributed by atoms with Crippen molar-refractivity contribution in [1.82, 2.24) is 14.6 Å². The van der Waals surface area contributed by atoms with Gasteiger partial charge in [0.05, 0.1) is 5.52 Å². The number of nitrogens with zero attached hydrogens (tertiary/aromatic N) is 3. The molecule has 0 amide bonds. The molecule has 0 N–H and O–H groups in total. The minimum Gasteiger partial charge on any atom is -0.264 e. The lowest BCUT2D eigenvalue weighted by Crippen LogP contribution is -1.86. The van der Waals surface area contributed by atoms with Gasteiger partial charge in [-0.3, -0.25) is 4.98 Å². The van der Waals surface area contributed by atoms with Crippen LogP contribution in [0.4, 0.5) is 0 Å². The predicted molar refractivity (Wildman–Crippen MR) is 58.4 cm³/mol. The molecule has 3 rings (SSSR count). The highest BCUT2D eigenvalue weighted by molar-refractivity contribution is 5.79. The van der Waals surface area contributed by atoms with Crippen molar-refractivity contribution in [3.05, 3.63) is 55.1 Å². The molecule has 0 aliphatic carbocycles. The van der Waals surface area contributed by atoms with Gasteiger partial charge in [-0.25, -0.2) is 4.52 Å². The number of rotatable bonds is 1. The normalized spacial score (nSPS) is 10.7. The molecule has 3 heteroatoms. The van der Waals surface area contributed by atoms with Crippen molar-refractivity contribution in [3.8, 4) is 11.1 Å². The van der Waals surface area contributed by atoms with E-state index in [2.05, 4.69) is 28.3 Å². The van der Waals surface area contributed by atoms with E-state index in [1.165, 1.54) is 0 Å². The average molecular weight is 195 g/mol. The molecule has 3 aromatic rings. The summed E-state index contributed by atoms with van der Waals surface area (Å²) in [5, 5.41) is 4.22. The minimum atomic E-state index is 1.10. The molecule has 3 aromatic heterocycles. The lowest BCUT2D eigenvalue weighted by atomic mass is 10.1. The van der Waals surface area contributed by atoms with Crippen LogP contribution < -0.4 is 0 Å². The van der Waals surface area contributed by atoms with Crippen LogP contribution in [0.1, 0.15) is 0 Å². The van der Waals surface area contributed by atoms with Gasteiger partial charge in [0, 0.05) is 35.9 Å². The second-order valence-electron chi connectivity index (χ2n) is 3.32. The van der Waals surface area contributed by atoms with E-state index < -0.39 is 0 Å². The van der Waals surface area contributed by atoms with Crippen LogP contribution in [0, 0.1) is 0 Å². The molecule has 0 saturated carbocycles. The fourth-order valence-electron chi connectivity index (χ4n) is 1.71. The Bertz CT molecular complexity index is 584. The molecule has 0 radical (unpaired) electrons. The second-order valence-corrected chi connectivity index (χ2v) is 3.32. The van der Waals surface area contributed by atoms with Crippen LogP contribution in [0.25, 0.3) is 16.6 Å². The zero-order valence-electron chi connectivity index (χ0n) is 8.04. The molecule has 0 bridgehead atoms. The van der Waals surface area contributed by atoms with Gasteiger partial charge in [-0.1, -0.05) is 6.07 Å². The van der Waals surface area contributed by atoms with Gasteiger partial charge in [0.15, 0.2) is 0 Å². The Balaban J connectivity index is 2.28. The molecule has 0 fully saturated rings. The van der Waals surface area contributed by atoms with E-state index in [-0.39, 0.29) is 0 Å². The van der Waals surface area contributed by atoms with Crippen molar-refractivity contribution >= 4 is 5.52 Å². The highest BCUT2D eigenvalue weighted by Crippen LogP contribution is 2.23. The Labute approximate surface area is 87.0 Å². The van der Waals surface area contributed by atoms with E-state index in [9.17, 15) is 0 Å². The third kappa shape index (κ3) is 1.29. The number of fused-ring (bicyclic) bond motifs is 1. The summed E-state index contributed by atoms with van der Waals surface area (Å²) in [4.78, 5) is 4.12. The number of pyridine rings is 1. The van der Waals surface area contributed by atoms with Crippen molar-refractivity contribution in [2.45, 2.75) is 0 Å². The zero-order chi connectivity index (χ0) is 10.1. The summed E-state index contributed by atoms with van der Waals surface area (Å²) in [5.74, 6) is 0. The molecule has 0 unspecified atom stereocenters. The molecule has 3 heterocycles. The summed E-state index contributed by atoms with van der Waals surface area (Å²) in [6.07, 6.45) is 7.38. The summed E-state index contributed by atoms with van der Waals surface area (Å²) < 4.78 is 1.86. The summed E-state index contributed by atoms with van der Waals surface area (Å²) in [7, 11) is 0. The van der Waals surface area contributed by atoms with Crippen LogP contribution in [0.5, 0.6) is 0 Å². The maximum Gasteiger partial charge on any atom is 0.0725 e. The molecule has 0 spiro atoms. The first-order valence-corrected chi connectivity index (χ1v) is 4.78. The van der Waals surface area contributed by atoms with Crippen molar-refractivity contribution in [2.24, 2.45) is 0 Å². The SMILES string of the molecule is c1cncc(-c2ccn3ncccc23)c1. The molecular weight excluding hydrogens is 186 g/mol. The highest BCUT2D eigenvalue weighted by atomic mass is 15.2. The average Bonchev–Trinajstić information content (AvgIpc) is 2.74. The maximum absolute atomic E-state index is 4.22. The number of hydrogen-bond acceptors (Lipinski definition) is 2. The smallest absolute Gasteiger partial charge is 0.0725 e. The first-order valence-electron chi connectivity index (χ1n) is 4.78. The van der Waals surface area contributed by atoms with E-state index in [1.807, 2.05) is 29.0 Å². The van der Waals surface area contributed by atoms with Crippen LogP contribution in [-0.4, -0.2) is 14.6 Å². The standard InChI is InChI=1S/C12H9N3/c1-3-10(9-13-6-1)11-5-8-15-12(11)4-2-7-14-15/h1-9H. The van der Waals surface area contributed by atoms with E-state index >= 15 is 0 Å². The fraction of sp³-hybridized carbons (Fsp3) is 0. The number of aromatic nitrogens is 3. The fourth-order valence-corrected chi connectivity index (χ4v) is 1.71. The van der Waals surface area contributed by atoms with Crippen molar-refractivity contribution in [3.63, 3.8) is 0 Å². The topological polar surface area (TPSA) is 30.2 Å². The van der Waals surface area contributed by atoms with Gasteiger partial charge in [-0.05, 0) is 24.3 Å². The lowest BCUT2D eigenvalue weighted by Gasteiger charge is -1.98. The van der Waals surface area contributed by atoms with Gasteiger partial charge in [-0.2, -0.15) is 5.10 Å². The van der Waals surface area contributed by atoms with Crippen molar-refractivity contribution in [2.75, 3.05) is 0 Å². The quantitative estimate of drug-likeness (QED) is 0.596. The first kappa shape index (κ1) is 8.17. The Kier molecular flexibility index (Phi) is 1.75. The molecule has 0 aromatic carbocycles. The van der Waals surface area contributed by atoms with Crippen LogP contribution in [0.2, 0.25) is 0 Å². The highest BCUT2D eigenvalue weighted by Gasteiger charge is 2.03. The van der Waals surface area contributed by atoms with Crippen LogP contribution in [0.3, 0.4) is 0 Å². The minimum absolute atomic E-state index is 1.10. The van der Waals surface area contributed by atoms with Crippen molar-refractivity contribution < 1.29 is 0 Å². The van der Waals surface area contributed by atoms with Gasteiger partial charge in [-0.15, -0.1) is 0 Å². The maximum atomic E-state index is 4.22. The van der Waals surface area contributed by atoms with E-state index in [0.29, 0.717) is 0 Å². The van der Waals surface area contributed by atoms with Crippen LogP contribution >= 0.6 is 0 Å². The molecule has 0 aliphatic heterocycles. The molecule has 0 saturated heterocycles. The monoisotopic (exact) mass is 195 g/mol. The Morgan fingerprint density at radius 1 is 1.00 bits per heavy atom. The molecule has 15 heavy (non-hydrogen) atoms. The molecule has 0 atom stereocenters. The van der Waals surface area contributed by atoms with E-state index in [0.717, 1.165) is 16.6 Å². The van der Waals surface area contributed by atoms with E-state index in [1.54, 1.807) is 12.4 Å². The summed E-state index contributed by atoms with van der Waals surface area (Å²) in [5.41, 5.74) is 3.38. The van der Waals surface area contributed by atoms with Crippen LogP contribution in [-0.2, 0) is 0 Å². The summed E-state index contributed by atoms with van der Waals surface area (Å²) in [6, 6.07) is 10.0. The Morgan fingerprint density at radius 2 is 1.93 bits per heavy atom. The Hall–Kier alpha value is -2.16. The van der Waals surface area contributed by atoms with Gasteiger partial charge >= 0.3 is 0 Å². The van der Waals surface area contributed by atoms with Crippen molar-refractivity contribution in [1.29, 1.82) is 0 Å². The molecular formula is C12H9N3.